The van der Waals surface area contributed by atoms with Crippen LogP contribution in [0.5, 0.6) is 0 Å². The number of likely N-dealkylation sites (tertiary alicyclic amines) is 1. The lowest BCUT2D eigenvalue weighted by molar-refractivity contribution is -0.138. The summed E-state index contributed by atoms with van der Waals surface area (Å²) in [5.41, 5.74) is 0. The van der Waals surface area contributed by atoms with Gasteiger partial charge in [-0.3, -0.25) is 4.79 Å². The summed E-state index contributed by atoms with van der Waals surface area (Å²) in [4.78, 5) is 13.7. The molecule has 0 radical (unpaired) electrons. The number of rotatable bonds is 6. The fourth-order valence-corrected chi connectivity index (χ4v) is 2.49. The molecule has 1 unspecified atom stereocenters. The van der Waals surface area contributed by atoms with Crippen LogP contribution >= 0.6 is 0 Å². The maximum atomic E-state index is 12.1. The molecule has 1 heterocycles. The molecule has 0 spiro atoms. The van der Waals surface area contributed by atoms with Gasteiger partial charge < -0.3 is 10.2 Å². The van der Waals surface area contributed by atoms with Gasteiger partial charge in [0.05, 0.1) is 6.42 Å². The first-order chi connectivity index (χ1) is 9.31. The summed E-state index contributed by atoms with van der Waals surface area (Å²) in [6.07, 6.45) is -1.51. The van der Waals surface area contributed by atoms with Crippen molar-refractivity contribution in [1.29, 1.82) is 0 Å². The average molecular weight is 294 g/mol. The molecule has 1 amide bonds. The number of amides is 1. The number of carbonyl (C=O) groups is 1. The minimum Gasteiger partial charge on any atom is -0.353 e. The average Bonchev–Trinajstić information content (AvgIpc) is 2.37. The van der Waals surface area contributed by atoms with Crippen LogP contribution in [0.15, 0.2) is 0 Å². The molecule has 3 nitrogen and oxygen atoms in total. The van der Waals surface area contributed by atoms with Gasteiger partial charge in [0, 0.05) is 31.6 Å². The molecule has 118 valence electrons. The van der Waals surface area contributed by atoms with E-state index >= 15 is 0 Å². The molecule has 1 N–H and O–H groups in total. The molecular weight excluding hydrogens is 269 g/mol. The molecule has 0 saturated carbocycles. The van der Waals surface area contributed by atoms with Crippen LogP contribution in [0, 0.1) is 5.92 Å². The number of piperidine rings is 1. The predicted octanol–water partition coefficient (Wildman–Crippen LogP) is 2.96. The number of nitrogens with zero attached hydrogens (tertiary/aromatic N) is 1. The van der Waals surface area contributed by atoms with Crippen LogP contribution in [0.4, 0.5) is 13.2 Å². The van der Waals surface area contributed by atoms with Crippen molar-refractivity contribution in [3.63, 3.8) is 0 Å². The summed E-state index contributed by atoms with van der Waals surface area (Å²) < 4.78 is 36.4. The Morgan fingerprint density at radius 1 is 1.35 bits per heavy atom. The van der Waals surface area contributed by atoms with E-state index in [0.29, 0.717) is 13.1 Å². The lowest BCUT2D eigenvalue weighted by Crippen LogP contribution is -2.46. The Hall–Kier alpha value is -0.780. The molecule has 0 aliphatic carbocycles. The van der Waals surface area contributed by atoms with Crippen LogP contribution in [0.25, 0.3) is 0 Å². The van der Waals surface area contributed by atoms with Gasteiger partial charge in [-0.05, 0) is 19.3 Å². The second kappa shape index (κ2) is 7.86. The molecule has 1 saturated heterocycles. The van der Waals surface area contributed by atoms with Gasteiger partial charge in [-0.15, -0.1) is 0 Å². The molecule has 1 fully saturated rings. The lowest BCUT2D eigenvalue weighted by atomic mass is 10.0. The fourth-order valence-electron chi connectivity index (χ4n) is 2.49. The van der Waals surface area contributed by atoms with Gasteiger partial charge in [-0.2, -0.15) is 13.2 Å². The fraction of sp³-hybridized carbons (Fsp3) is 0.929. The van der Waals surface area contributed by atoms with Gasteiger partial charge >= 0.3 is 6.18 Å². The largest absolute Gasteiger partial charge is 0.390 e. The van der Waals surface area contributed by atoms with Crippen molar-refractivity contribution >= 4 is 5.91 Å². The molecule has 1 aliphatic heterocycles. The third kappa shape index (κ3) is 6.59. The van der Waals surface area contributed by atoms with Gasteiger partial charge in [0.25, 0.3) is 0 Å². The first kappa shape index (κ1) is 17.3. The van der Waals surface area contributed by atoms with E-state index in [1.165, 1.54) is 0 Å². The first-order valence-corrected chi connectivity index (χ1v) is 7.41. The van der Waals surface area contributed by atoms with Gasteiger partial charge in [0.1, 0.15) is 0 Å². The van der Waals surface area contributed by atoms with Crippen LogP contribution in [0.3, 0.4) is 0 Å². The molecular formula is C14H25F3N2O. The second-order valence-corrected chi connectivity index (χ2v) is 5.68. The summed E-state index contributed by atoms with van der Waals surface area (Å²) in [7, 11) is 0. The Labute approximate surface area is 118 Å². The van der Waals surface area contributed by atoms with Crippen molar-refractivity contribution in [2.45, 2.75) is 58.2 Å². The highest BCUT2D eigenvalue weighted by atomic mass is 19.4. The number of hydrogen-bond acceptors (Lipinski definition) is 2. The Morgan fingerprint density at radius 2 is 1.95 bits per heavy atom. The Bertz CT molecular complexity index is 299. The third-order valence-electron chi connectivity index (χ3n) is 3.81. The molecule has 1 rings (SSSR count). The van der Waals surface area contributed by atoms with Gasteiger partial charge in [0.2, 0.25) is 5.91 Å². The molecule has 0 aromatic heterocycles. The van der Waals surface area contributed by atoms with Gasteiger partial charge in [-0.1, -0.05) is 20.3 Å². The quantitative estimate of drug-likeness (QED) is 0.817. The number of nitrogens with one attached hydrogen (secondary N) is 1. The van der Waals surface area contributed by atoms with Crippen LogP contribution in [-0.4, -0.2) is 42.7 Å². The SMILES string of the molecule is CCCC(C)C(=O)NC1CCN(CCC(F)(F)F)CC1. The zero-order chi connectivity index (χ0) is 15.2. The van der Waals surface area contributed by atoms with Gasteiger partial charge in [0.15, 0.2) is 0 Å². The second-order valence-electron chi connectivity index (χ2n) is 5.68. The van der Waals surface area contributed by atoms with Crippen molar-refractivity contribution in [3.05, 3.63) is 0 Å². The number of hydrogen-bond donors (Lipinski definition) is 1. The number of halogens is 3. The number of carbonyl (C=O) groups excluding carboxylic acids is 1. The van der Waals surface area contributed by atoms with Gasteiger partial charge in [-0.25, -0.2) is 0 Å². The van der Waals surface area contributed by atoms with E-state index in [9.17, 15) is 18.0 Å². The molecule has 6 heteroatoms. The van der Waals surface area contributed by atoms with Crippen molar-refractivity contribution in [2.75, 3.05) is 19.6 Å². The molecule has 0 aromatic carbocycles. The Kier molecular flexibility index (Phi) is 6.79. The maximum Gasteiger partial charge on any atom is 0.390 e. The summed E-state index contributed by atoms with van der Waals surface area (Å²) in [5, 5.41) is 3.01. The summed E-state index contributed by atoms with van der Waals surface area (Å²) in [6, 6.07) is 0.115. The Balaban J connectivity index is 2.23. The zero-order valence-electron chi connectivity index (χ0n) is 12.3. The van der Waals surface area contributed by atoms with E-state index in [1.54, 1.807) is 0 Å². The van der Waals surface area contributed by atoms with Crippen molar-refractivity contribution in [1.82, 2.24) is 10.2 Å². The molecule has 20 heavy (non-hydrogen) atoms. The van der Waals surface area contributed by atoms with Crippen molar-refractivity contribution in [2.24, 2.45) is 5.92 Å². The van der Waals surface area contributed by atoms with E-state index in [1.807, 2.05) is 18.7 Å². The maximum absolute atomic E-state index is 12.1. The highest BCUT2D eigenvalue weighted by Gasteiger charge is 2.29. The zero-order valence-corrected chi connectivity index (χ0v) is 12.3. The van der Waals surface area contributed by atoms with E-state index in [-0.39, 0.29) is 24.4 Å². The lowest BCUT2D eigenvalue weighted by Gasteiger charge is -2.33. The smallest absolute Gasteiger partial charge is 0.353 e. The van der Waals surface area contributed by atoms with Crippen molar-refractivity contribution in [3.8, 4) is 0 Å². The molecule has 1 aliphatic rings. The minimum atomic E-state index is -4.08. The van der Waals surface area contributed by atoms with Crippen molar-refractivity contribution < 1.29 is 18.0 Å². The standard InChI is InChI=1S/C14H25F3N2O/c1-3-4-11(2)13(20)18-12-5-8-19(9-6-12)10-7-14(15,16)17/h11-12H,3-10H2,1-2H3,(H,18,20). The van der Waals surface area contributed by atoms with Crippen LogP contribution < -0.4 is 5.32 Å². The normalized spacial score (nSPS) is 19.9. The highest BCUT2D eigenvalue weighted by Crippen LogP contribution is 2.21. The molecule has 0 aromatic rings. The van der Waals surface area contributed by atoms with E-state index in [4.69, 9.17) is 0 Å². The third-order valence-corrected chi connectivity index (χ3v) is 3.81. The first-order valence-electron chi connectivity index (χ1n) is 7.41. The van der Waals surface area contributed by atoms with E-state index < -0.39 is 12.6 Å². The van der Waals surface area contributed by atoms with Crippen LogP contribution in [0.1, 0.15) is 46.0 Å². The summed E-state index contributed by atoms with van der Waals surface area (Å²) >= 11 is 0. The predicted molar refractivity (Wildman–Crippen MR) is 72.3 cm³/mol. The topological polar surface area (TPSA) is 32.3 Å². The summed E-state index contributed by atoms with van der Waals surface area (Å²) in [6.45, 7) is 5.28. The van der Waals surface area contributed by atoms with Crippen LogP contribution in [0.2, 0.25) is 0 Å². The highest BCUT2D eigenvalue weighted by molar-refractivity contribution is 5.78. The van der Waals surface area contributed by atoms with E-state index in [0.717, 1.165) is 25.7 Å². The number of alkyl halides is 3. The Morgan fingerprint density at radius 3 is 2.45 bits per heavy atom. The molecule has 0 bridgehead atoms. The van der Waals surface area contributed by atoms with Crippen LogP contribution in [-0.2, 0) is 4.79 Å². The minimum absolute atomic E-state index is 0.0169. The van der Waals surface area contributed by atoms with E-state index in [2.05, 4.69) is 5.32 Å². The molecule has 1 atom stereocenters. The summed E-state index contributed by atoms with van der Waals surface area (Å²) in [5.74, 6) is 0.0869. The monoisotopic (exact) mass is 294 g/mol.